The fourth-order valence-corrected chi connectivity index (χ4v) is 5.31. The van der Waals surface area contributed by atoms with Gasteiger partial charge in [0.05, 0.1) is 25.5 Å². The van der Waals surface area contributed by atoms with Gasteiger partial charge in [-0.05, 0) is 42.7 Å². The van der Waals surface area contributed by atoms with Crippen molar-refractivity contribution in [1.29, 1.82) is 0 Å². The van der Waals surface area contributed by atoms with Crippen molar-refractivity contribution in [3.05, 3.63) is 23.8 Å². The smallest absolute Gasteiger partial charge is 0.255 e. The second-order valence-corrected chi connectivity index (χ2v) is 10.2. The quantitative estimate of drug-likeness (QED) is 0.684. The molecule has 1 aromatic rings. The fourth-order valence-electron chi connectivity index (χ4n) is 4.13. The number of carbonyl (C=O) groups is 1. The highest BCUT2D eigenvalue weighted by Gasteiger charge is 2.33. The predicted octanol–water partition coefficient (Wildman–Crippen LogP) is 2.57. The Morgan fingerprint density at radius 1 is 1.21 bits per heavy atom. The largest absolute Gasteiger partial charge is 0.497 e. The van der Waals surface area contributed by atoms with Crippen LogP contribution in [0.5, 0.6) is 11.5 Å². The van der Waals surface area contributed by atoms with Gasteiger partial charge in [-0.25, -0.2) is 13.1 Å². The van der Waals surface area contributed by atoms with Crippen molar-refractivity contribution in [2.45, 2.75) is 46.1 Å². The lowest BCUT2D eigenvalue weighted by molar-refractivity contribution is 0.0953. The fraction of sp³-hybridized carbons (Fsp3) is 0.650. The molecular weight excluding hydrogens is 380 g/mol. The molecule has 1 aliphatic carbocycles. The molecule has 2 rings (SSSR count). The normalized spacial score (nSPS) is 21.8. The molecule has 0 heterocycles. The number of sulfonamides is 1. The molecule has 1 fully saturated rings. The highest BCUT2D eigenvalue weighted by molar-refractivity contribution is 7.89. The van der Waals surface area contributed by atoms with Crippen molar-refractivity contribution in [3.63, 3.8) is 0 Å². The zero-order valence-corrected chi connectivity index (χ0v) is 18.2. The van der Waals surface area contributed by atoms with Crippen molar-refractivity contribution in [2.75, 3.05) is 26.5 Å². The van der Waals surface area contributed by atoms with Gasteiger partial charge in [-0.3, -0.25) is 4.79 Å². The van der Waals surface area contributed by atoms with Crippen LogP contribution < -0.4 is 19.5 Å². The molecule has 0 bridgehead atoms. The van der Waals surface area contributed by atoms with Crippen molar-refractivity contribution in [1.82, 2.24) is 10.0 Å². The number of methoxy groups -OCH3 is 2. The van der Waals surface area contributed by atoms with Gasteiger partial charge in [-0.1, -0.05) is 20.8 Å². The monoisotopic (exact) mass is 412 g/mol. The Bertz CT molecular complexity index is 792. The van der Waals surface area contributed by atoms with E-state index < -0.39 is 10.0 Å². The molecule has 1 aliphatic rings. The van der Waals surface area contributed by atoms with E-state index in [1.54, 1.807) is 18.2 Å². The Labute approximate surface area is 168 Å². The van der Waals surface area contributed by atoms with Gasteiger partial charge in [0.15, 0.2) is 0 Å². The highest BCUT2D eigenvalue weighted by atomic mass is 32.2. The van der Waals surface area contributed by atoms with Crippen LogP contribution in [-0.4, -0.2) is 46.9 Å². The molecule has 1 aromatic carbocycles. The van der Waals surface area contributed by atoms with Gasteiger partial charge in [0, 0.05) is 18.7 Å². The topological polar surface area (TPSA) is 93.7 Å². The first-order valence-electron chi connectivity index (χ1n) is 9.55. The van der Waals surface area contributed by atoms with E-state index in [9.17, 15) is 13.2 Å². The number of amides is 1. The first kappa shape index (κ1) is 22.5. The molecule has 8 heteroatoms. The third-order valence-electron chi connectivity index (χ3n) is 5.04. The van der Waals surface area contributed by atoms with Gasteiger partial charge in [-0.2, -0.15) is 0 Å². The summed E-state index contributed by atoms with van der Waals surface area (Å²) in [6.45, 7) is 6.53. The average Bonchev–Trinajstić information content (AvgIpc) is 2.58. The Balaban J connectivity index is 1.90. The summed E-state index contributed by atoms with van der Waals surface area (Å²) in [5.41, 5.74) is 0.459. The second-order valence-electron chi connectivity index (χ2n) is 8.37. The number of hydrogen-bond acceptors (Lipinski definition) is 5. The van der Waals surface area contributed by atoms with Crippen LogP contribution in [0.15, 0.2) is 18.2 Å². The van der Waals surface area contributed by atoms with Crippen LogP contribution in [0, 0.1) is 11.3 Å². The molecule has 0 radical (unpaired) electrons. The van der Waals surface area contributed by atoms with E-state index in [-0.39, 0.29) is 29.7 Å². The molecule has 7 nitrogen and oxygen atoms in total. The molecule has 0 unspecified atom stereocenters. The molecular formula is C20H32N2O5S. The van der Waals surface area contributed by atoms with Crippen LogP contribution >= 0.6 is 0 Å². The number of benzene rings is 1. The minimum Gasteiger partial charge on any atom is -0.497 e. The molecule has 1 amide bonds. The molecule has 0 saturated heterocycles. The summed E-state index contributed by atoms with van der Waals surface area (Å²) in [5, 5.41) is 2.65. The van der Waals surface area contributed by atoms with E-state index in [1.165, 1.54) is 14.2 Å². The summed E-state index contributed by atoms with van der Waals surface area (Å²) in [6.07, 6.45) is 2.77. The SMILES string of the molecule is COc1ccc(C(=O)NCCS(=O)(=O)N[C@H]2C[C@@H](C)CC(C)(C)C2)c(OC)c1. The third kappa shape index (κ3) is 6.38. The van der Waals surface area contributed by atoms with Gasteiger partial charge < -0.3 is 14.8 Å². The zero-order valence-electron chi connectivity index (χ0n) is 17.4. The van der Waals surface area contributed by atoms with Gasteiger partial charge in [0.2, 0.25) is 10.0 Å². The standard InChI is InChI=1S/C20H32N2O5S/c1-14-10-15(13-20(2,3)12-14)22-28(24,25)9-8-21-19(23)17-7-6-16(26-4)11-18(17)27-5/h6-7,11,14-15,22H,8-10,12-13H2,1-5H3,(H,21,23)/t14-,15+/m1/s1. The van der Waals surface area contributed by atoms with Crippen LogP contribution in [0.3, 0.4) is 0 Å². The minimum absolute atomic E-state index is 0.0228. The lowest BCUT2D eigenvalue weighted by Gasteiger charge is -2.39. The zero-order chi connectivity index (χ0) is 20.9. The molecule has 2 N–H and O–H groups in total. The molecule has 2 atom stereocenters. The Kier molecular flexibility index (Phi) is 7.33. The minimum atomic E-state index is -3.48. The first-order valence-corrected chi connectivity index (χ1v) is 11.2. The van der Waals surface area contributed by atoms with Crippen LogP contribution in [0.1, 0.15) is 50.4 Å². The summed E-state index contributed by atoms with van der Waals surface area (Å²) >= 11 is 0. The average molecular weight is 413 g/mol. The van der Waals surface area contributed by atoms with Crippen molar-refractivity contribution >= 4 is 15.9 Å². The highest BCUT2D eigenvalue weighted by Crippen LogP contribution is 2.38. The molecule has 28 heavy (non-hydrogen) atoms. The molecule has 1 saturated carbocycles. The van der Waals surface area contributed by atoms with Crippen LogP contribution in [0.25, 0.3) is 0 Å². The van der Waals surface area contributed by atoms with E-state index in [1.807, 2.05) is 0 Å². The summed E-state index contributed by atoms with van der Waals surface area (Å²) in [4.78, 5) is 12.4. The Hall–Kier alpha value is -1.80. The predicted molar refractivity (Wildman–Crippen MR) is 109 cm³/mol. The lowest BCUT2D eigenvalue weighted by Crippen LogP contribution is -2.45. The number of rotatable bonds is 8. The summed E-state index contributed by atoms with van der Waals surface area (Å²) in [5.74, 6) is 0.879. The summed E-state index contributed by atoms with van der Waals surface area (Å²) in [6, 6.07) is 4.80. The van der Waals surface area contributed by atoms with E-state index in [0.717, 1.165) is 19.3 Å². The maximum absolute atomic E-state index is 12.4. The number of ether oxygens (including phenoxy) is 2. The van der Waals surface area contributed by atoms with E-state index in [0.29, 0.717) is 23.0 Å². The van der Waals surface area contributed by atoms with Gasteiger partial charge >= 0.3 is 0 Å². The van der Waals surface area contributed by atoms with Crippen LogP contribution in [0.4, 0.5) is 0 Å². The first-order chi connectivity index (χ1) is 13.0. The van der Waals surface area contributed by atoms with Crippen molar-refractivity contribution < 1.29 is 22.7 Å². The van der Waals surface area contributed by atoms with Crippen molar-refractivity contribution in [3.8, 4) is 11.5 Å². The van der Waals surface area contributed by atoms with Gasteiger partial charge in [0.1, 0.15) is 11.5 Å². The maximum Gasteiger partial charge on any atom is 0.255 e. The van der Waals surface area contributed by atoms with Crippen LogP contribution in [0.2, 0.25) is 0 Å². The molecule has 0 aromatic heterocycles. The van der Waals surface area contributed by atoms with Crippen LogP contribution in [-0.2, 0) is 10.0 Å². The van der Waals surface area contributed by atoms with E-state index in [2.05, 4.69) is 30.8 Å². The maximum atomic E-state index is 12.4. The Morgan fingerprint density at radius 2 is 1.93 bits per heavy atom. The van der Waals surface area contributed by atoms with E-state index >= 15 is 0 Å². The lowest BCUT2D eigenvalue weighted by atomic mass is 9.71. The third-order valence-corrected chi connectivity index (χ3v) is 6.48. The van der Waals surface area contributed by atoms with Gasteiger partial charge in [-0.15, -0.1) is 0 Å². The second kappa shape index (κ2) is 9.13. The molecule has 0 aliphatic heterocycles. The van der Waals surface area contributed by atoms with E-state index in [4.69, 9.17) is 9.47 Å². The molecule has 158 valence electrons. The van der Waals surface area contributed by atoms with Crippen molar-refractivity contribution in [2.24, 2.45) is 11.3 Å². The summed E-state index contributed by atoms with van der Waals surface area (Å²) in [7, 11) is -0.482. The Morgan fingerprint density at radius 3 is 2.54 bits per heavy atom. The number of hydrogen-bond donors (Lipinski definition) is 2. The number of nitrogens with one attached hydrogen (secondary N) is 2. The van der Waals surface area contributed by atoms with Gasteiger partial charge in [0.25, 0.3) is 5.91 Å². The summed E-state index contributed by atoms with van der Waals surface area (Å²) < 4.78 is 38.0. The number of carbonyl (C=O) groups excluding carboxylic acids is 1. The molecule has 0 spiro atoms.